The molecule has 1 aromatic heterocycles. The topological polar surface area (TPSA) is 59.5 Å². The molecule has 0 aromatic carbocycles. The molecule has 0 radical (unpaired) electrons. The summed E-state index contributed by atoms with van der Waals surface area (Å²) in [5, 5.41) is 0. The van der Waals surface area contributed by atoms with Gasteiger partial charge >= 0.3 is 5.97 Å². The molecule has 0 saturated carbocycles. The Morgan fingerprint density at radius 1 is 1.26 bits per heavy atom. The molecule has 0 spiro atoms. The zero-order chi connectivity index (χ0) is 14.1. The van der Waals surface area contributed by atoms with Crippen molar-refractivity contribution < 1.29 is 14.3 Å². The van der Waals surface area contributed by atoms with Gasteiger partial charge in [0, 0.05) is 38.8 Å². The molecule has 104 valence electrons. The van der Waals surface area contributed by atoms with Crippen molar-refractivity contribution in [1.29, 1.82) is 0 Å². The molecule has 1 amide bonds. The van der Waals surface area contributed by atoms with E-state index < -0.39 is 0 Å². The summed E-state index contributed by atoms with van der Waals surface area (Å²) in [6.07, 6.45) is 5.60. The van der Waals surface area contributed by atoms with Crippen LogP contribution < -0.4 is 0 Å². The van der Waals surface area contributed by atoms with E-state index in [2.05, 4.69) is 9.72 Å². The predicted molar refractivity (Wildman–Crippen MR) is 71.4 cm³/mol. The largest absolute Gasteiger partial charge is 0.469 e. The van der Waals surface area contributed by atoms with Crippen LogP contribution in [0.25, 0.3) is 0 Å². The summed E-state index contributed by atoms with van der Waals surface area (Å²) in [6, 6.07) is 3.81. The van der Waals surface area contributed by atoms with Crippen LogP contribution in [0.1, 0.15) is 24.8 Å². The number of ether oxygens (including phenoxy) is 1. The Morgan fingerprint density at radius 3 is 2.58 bits per heavy atom. The molecule has 0 aliphatic rings. The molecule has 0 saturated heterocycles. The lowest BCUT2D eigenvalue weighted by atomic mass is 10.1. The maximum absolute atomic E-state index is 11.9. The molecular weight excluding hydrogens is 244 g/mol. The van der Waals surface area contributed by atoms with Crippen LogP contribution in [-0.4, -0.2) is 42.5 Å². The van der Waals surface area contributed by atoms with Crippen LogP contribution in [0.2, 0.25) is 0 Å². The molecule has 0 aliphatic heterocycles. The Kier molecular flexibility index (Phi) is 6.57. The minimum atomic E-state index is -0.238. The van der Waals surface area contributed by atoms with Crippen molar-refractivity contribution in [2.24, 2.45) is 0 Å². The fraction of sp³-hybridized carbons (Fsp3) is 0.500. The van der Waals surface area contributed by atoms with Crippen molar-refractivity contribution in [1.82, 2.24) is 9.88 Å². The number of pyridine rings is 1. The predicted octanol–water partition coefficient (Wildman–Crippen LogP) is 1.43. The van der Waals surface area contributed by atoms with Crippen LogP contribution >= 0.6 is 0 Å². The first kappa shape index (κ1) is 15.1. The quantitative estimate of drug-likeness (QED) is 0.699. The number of methoxy groups -OCH3 is 1. The highest BCUT2D eigenvalue weighted by atomic mass is 16.5. The Morgan fingerprint density at radius 2 is 1.95 bits per heavy atom. The number of rotatable bonds is 7. The van der Waals surface area contributed by atoms with Crippen molar-refractivity contribution in [2.75, 3.05) is 20.7 Å². The number of hydrogen-bond acceptors (Lipinski definition) is 4. The number of amides is 1. The minimum absolute atomic E-state index is 0.0849. The van der Waals surface area contributed by atoms with E-state index in [1.165, 1.54) is 7.11 Å². The van der Waals surface area contributed by atoms with E-state index >= 15 is 0 Å². The second-order valence-corrected chi connectivity index (χ2v) is 4.35. The van der Waals surface area contributed by atoms with Crippen LogP contribution in [0.4, 0.5) is 0 Å². The molecule has 19 heavy (non-hydrogen) atoms. The summed E-state index contributed by atoms with van der Waals surface area (Å²) in [5.41, 5.74) is 1.10. The van der Waals surface area contributed by atoms with Gasteiger partial charge in [-0.05, 0) is 30.5 Å². The Balaban J connectivity index is 2.23. The zero-order valence-electron chi connectivity index (χ0n) is 11.5. The first-order valence-electron chi connectivity index (χ1n) is 6.33. The summed E-state index contributed by atoms with van der Waals surface area (Å²) >= 11 is 0. The third-order valence-electron chi connectivity index (χ3n) is 2.90. The van der Waals surface area contributed by atoms with E-state index in [9.17, 15) is 9.59 Å². The smallest absolute Gasteiger partial charge is 0.305 e. The van der Waals surface area contributed by atoms with Crippen LogP contribution in [0.3, 0.4) is 0 Å². The average Bonchev–Trinajstić information content (AvgIpc) is 2.45. The molecule has 0 aliphatic carbocycles. The molecule has 1 heterocycles. The normalized spacial score (nSPS) is 10.0. The van der Waals surface area contributed by atoms with Gasteiger partial charge in [-0.25, -0.2) is 0 Å². The number of carbonyl (C=O) groups excluding carboxylic acids is 2. The van der Waals surface area contributed by atoms with E-state index in [1.807, 2.05) is 12.1 Å². The number of carbonyl (C=O) groups is 2. The zero-order valence-corrected chi connectivity index (χ0v) is 11.5. The third-order valence-corrected chi connectivity index (χ3v) is 2.90. The Labute approximate surface area is 113 Å². The van der Waals surface area contributed by atoms with Gasteiger partial charge in [-0.15, -0.1) is 0 Å². The number of hydrogen-bond donors (Lipinski definition) is 0. The van der Waals surface area contributed by atoms with Crippen molar-refractivity contribution >= 4 is 11.9 Å². The molecule has 1 rings (SSSR count). The van der Waals surface area contributed by atoms with Gasteiger partial charge < -0.3 is 9.64 Å². The molecule has 1 aromatic rings. The Hall–Kier alpha value is -1.91. The fourth-order valence-corrected chi connectivity index (χ4v) is 1.68. The maximum atomic E-state index is 11.9. The molecule has 5 nitrogen and oxygen atoms in total. The standard InChI is InChI=1S/C14H20N2O3/c1-16(11-3-4-14(18)19-2)13(17)6-5-12-7-9-15-10-8-12/h7-10H,3-6,11H2,1-2H3. The Bertz CT molecular complexity index is 406. The van der Waals surface area contributed by atoms with Crippen LogP contribution in [0.5, 0.6) is 0 Å². The molecular formula is C14H20N2O3. The van der Waals surface area contributed by atoms with Crippen LogP contribution in [0.15, 0.2) is 24.5 Å². The number of aromatic nitrogens is 1. The first-order chi connectivity index (χ1) is 9.13. The van der Waals surface area contributed by atoms with Crippen molar-refractivity contribution in [2.45, 2.75) is 25.7 Å². The summed E-state index contributed by atoms with van der Waals surface area (Å²) < 4.78 is 4.55. The van der Waals surface area contributed by atoms with E-state index in [4.69, 9.17) is 0 Å². The number of aryl methyl sites for hydroxylation is 1. The maximum Gasteiger partial charge on any atom is 0.305 e. The fourth-order valence-electron chi connectivity index (χ4n) is 1.68. The van der Waals surface area contributed by atoms with Gasteiger partial charge in [-0.1, -0.05) is 0 Å². The van der Waals surface area contributed by atoms with E-state index in [1.54, 1.807) is 24.3 Å². The second kappa shape index (κ2) is 8.24. The number of esters is 1. The van der Waals surface area contributed by atoms with E-state index in [0.717, 1.165) is 5.56 Å². The lowest BCUT2D eigenvalue weighted by Gasteiger charge is -2.16. The molecule has 0 unspecified atom stereocenters. The highest BCUT2D eigenvalue weighted by Crippen LogP contribution is 2.04. The molecule has 0 atom stereocenters. The lowest BCUT2D eigenvalue weighted by Crippen LogP contribution is -2.28. The average molecular weight is 264 g/mol. The first-order valence-corrected chi connectivity index (χ1v) is 6.33. The molecule has 5 heteroatoms. The molecule has 0 N–H and O–H groups in total. The second-order valence-electron chi connectivity index (χ2n) is 4.35. The highest BCUT2D eigenvalue weighted by molar-refractivity contribution is 5.76. The minimum Gasteiger partial charge on any atom is -0.469 e. The van der Waals surface area contributed by atoms with Gasteiger partial charge in [-0.3, -0.25) is 14.6 Å². The van der Waals surface area contributed by atoms with Gasteiger partial charge in [0.15, 0.2) is 0 Å². The van der Waals surface area contributed by atoms with Gasteiger partial charge in [0.25, 0.3) is 0 Å². The van der Waals surface area contributed by atoms with Crippen LogP contribution in [0, 0.1) is 0 Å². The monoisotopic (exact) mass is 264 g/mol. The summed E-state index contributed by atoms with van der Waals surface area (Å²) in [6.45, 7) is 0.574. The van der Waals surface area contributed by atoms with E-state index in [0.29, 0.717) is 32.2 Å². The number of nitrogens with zero attached hydrogens (tertiary/aromatic N) is 2. The molecule has 0 bridgehead atoms. The SMILES string of the molecule is COC(=O)CCCN(C)C(=O)CCc1ccncc1. The van der Waals surface area contributed by atoms with E-state index in [-0.39, 0.29) is 11.9 Å². The van der Waals surface area contributed by atoms with Crippen molar-refractivity contribution in [3.8, 4) is 0 Å². The van der Waals surface area contributed by atoms with Gasteiger partial charge in [0.1, 0.15) is 0 Å². The lowest BCUT2D eigenvalue weighted by molar-refractivity contribution is -0.141. The molecule has 0 fully saturated rings. The van der Waals surface area contributed by atoms with Gasteiger partial charge in [0.05, 0.1) is 7.11 Å². The van der Waals surface area contributed by atoms with Crippen LogP contribution in [-0.2, 0) is 20.7 Å². The third kappa shape index (κ3) is 5.99. The van der Waals surface area contributed by atoms with Gasteiger partial charge in [0.2, 0.25) is 5.91 Å². The van der Waals surface area contributed by atoms with Crippen molar-refractivity contribution in [3.63, 3.8) is 0 Å². The van der Waals surface area contributed by atoms with Crippen molar-refractivity contribution in [3.05, 3.63) is 30.1 Å². The summed E-state index contributed by atoms with van der Waals surface area (Å²) in [4.78, 5) is 28.4. The summed E-state index contributed by atoms with van der Waals surface area (Å²) in [5.74, 6) is -0.153. The summed E-state index contributed by atoms with van der Waals surface area (Å²) in [7, 11) is 3.12. The van der Waals surface area contributed by atoms with Gasteiger partial charge in [-0.2, -0.15) is 0 Å². The highest BCUT2D eigenvalue weighted by Gasteiger charge is 2.09.